The van der Waals surface area contributed by atoms with Crippen molar-refractivity contribution in [3.8, 4) is 0 Å². The predicted octanol–water partition coefficient (Wildman–Crippen LogP) is -0.102. The molecule has 0 bridgehead atoms. The topological polar surface area (TPSA) is 82.0 Å². The first kappa shape index (κ1) is 13.4. The molecule has 0 fully saturated rings. The third-order valence-corrected chi connectivity index (χ3v) is 3.01. The summed E-state index contributed by atoms with van der Waals surface area (Å²) in [6, 6.07) is 7.47. The molecule has 1 amide bonds. The molecular formula is C13H18N4O2. The van der Waals surface area contributed by atoms with Gasteiger partial charge in [-0.25, -0.2) is 4.79 Å². The van der Waals surface area contributed by atoms with Gasteiger partial charge in [0.15, 0.2) is 0 Å². The second-order valence-corrected chi connectivity index (χ2v) is 4.24. The predicted molar refractivity (Wildman–Crippen MR) is 73.9 cm³/mol. The number of amides is 1. The molecule has 0 aliphatic heterocycles. The Kier molecular flexibility index (Phi) is 4.01. The summed E-state index contributed by atoms with van der Waals surface area (Å²) in [7, 11) is 0. The van der Waals surface area contributed by atoms with E-state index in [1.165, 1.54) is 4.57 Å². The van der Waals surface area contributed by atoms with Crippen LogP contribution in [0, 0.1) is 0 Å². The highest BCUT2D eigenvalue weighted by atomic mass is 16.2. The quantitative estimate of drug-likeness (QED) is 0.789. The van der Waals surface area contributed by atoms with Gasteiger partial charge < -0.3 is 11.1 Å². The van der Waals surface area contributed by atoms with Crippen molar-refractivity contribution >= 4 is 16.9 Å². The van der Waals surface area contributed by atoms with E-state index in [1.54, 1.807) is 4.57 Å². The molecule has 0 atom stereocenters. The Morgan fingerprint density at radius 3 is 2.47 bits per heavy atom. The lowest BCUT2D eigenvalue weighted by molar-refractivity contribution is -0.121. The Labute approximate surface area is 110 Å². The molecule has 0 spiro atoms. The fourth-order valence-corrected chi connectivity index (χ4v) is 2.14. The number of nitrogens with two attached hydrogens (primary N) is 1. The first-order chi connectivity index (χ1) is 9.19. The Hall–Kier alpha value is -2.08. The SMILES string of the molecule is CCn1c(=O)n(CC(=O)NCCN)c2ccccc21. The lowest BCUT2D eigenvalue weighted by Crippen LogP contribution is -2.35. The molecule has 6 heteroatoms. The fraction of sp³-hybridized carbons (Fsp3) is 0.385. The molecule has 0 saturated carbocycles. The number of hydrogen-bond donors (Lipinski definition) is 2. The molecule has 0 saturated heterocycles. The van der Waals surface area contributed by atoms with Gasteiger partial charge >= 0.3 is 5.69 Å². The van der Waals surface area contributed by atoms with Crippen LogP contribution in [0.4, 0.5) is 0 Å². The van der Waals surface area contributed by atoms with Gasteiger partial charge in [0.1, 0.15) is 6.54 Å². The standard InChI is InChI=1S/C13H18N4O2/c1-2-16-10-5-3-4-6-11(10)17(13(16)19)9-12(18)15-8-7-14/h3-6H,2,7-9,14H2,1H3,(H,15,18). The molecule has 1 heterocycles. The van der Waals surface area contributed by atoms with Crippen LogP contribution < -0.4 is 16.7 Å². The second-order valence-electron chi connectivity index (χ2n) is 4.24. The Balaban J connectivity index is 2.40. The minimum Gasteiger partial charge on any atom is -0.353 e. The first-order valence-electron chi connectivity index (χ1n) is 6.33. The number of aryl methyl sites for hydroxylation is 1. The first-order valence-corrected chi connectivity index (χ1v) is 6.33. The molecule has 0 radical (unpaired) electrons. The fourth-order valence-electron chi connectivity index (χ4n) is 2.14. The summed E-state index contributed by atoms with van der Waals surface area (Å²) in [4.78, 5) is 24.0. The van der Waals surface area contributed by atoms with E-state index in [0.29, 0.717) is 19.6 Å². The van der Waals surface area contributed by atoms with Crippen LogP contribution in [-0.4, -0.2) is 28.1 Å². The number of benzene rings is 1. The minimum atomic E-state index is -0.202. The van der Waals surface area contributed by atoms with Gasteiger partial charge in [0, 0.05) is 19.6 Å². The van der Waals surface area contributed by atoms with E-state index in [4.69, 9.17) is 5.73 Å². The van der Waals surface area contributed by atoms with Crippen LogP contribution in [0.15, 0.2) is 29.1 Å². The number of para-hydroxylation sites is 2. The van der Waals surface area contributed by atoms with Crippen LogP contribution >= 0.6 is 0 Å². The van der Waals surface area contributed by atoms with E-state index in [2.05, 4.69) is 5.32 Å². The van der Waals surface area contributed by atoms with Crippen molar-refractivity contribution < 1.29 is 4.79 Å². The van der Waals surface area contributed by atoms with Crippen LogP contribution in [0.1, 0.15) is 6.92 Å². The highest BCUT2D eigenvalue weighted by Gasteiger charge is 2.13. The number of aromatic nitrogens is 2. The van der Waals surface area contributed by atoms with Gasteiger partial charge in [0.2, 0.25) is 5.91 Å². The zero-order valence-corrected chi connectivity index (χ0v) is 10.9. The van der Waals surface area contributed by atoms with Gasteiger partial charge in [-0.1, -0.05) is 12.1 Å². The second kappa shape index (κ2) is 5.71. The molecule has 1 aromatic carbocycles. The number of carbonyl (C=O) groups excluding carboxylic acids is 1. The Bertz CT molecular complexity index is 642. The maximum absolute atomic E-state index is 12.2. The maximum Gasteiger partial charge on any atom is 0.329 e. The summed E-state index contributed by atoms with van der Waals surface area (Å²) in [6.45, 7) is 3.31. The van der Waals surface area contributed by atoms with Gasteiger partial charge in [-0.3, -0.25) is 13.9 Å². The molecule has 102 valence electrons. The highest BCUT2D eigenvalue weighted by Crippen LogP contribution is 2.12. The van der Waals surface area contributed by atoms with Crippen molar-refractivity contribution in [2.45, 2.75) is 20.0 Å². The van der Waals surface area contributed by atoms with Gasteiger partial charge in [-0.2, -0.15) is 0 Å². The largest absolute Gasteiger partial charge is 0.353 e. The third kappa shape index (κ3) is 2.53. The summed E-state index contributed by atoms with van der Waals surface area (Å²) in [5.74, 6) is -0.202. The molecule has 0 aliphatic rings. The molecule has 19 heavy (non-hydrogen) atoms. The molecule has 2 rings (SSSR count). The zero-order valence-electron chi connectivity index (χ0n) is 10.9. The van der Waals surface area contributed by atoms with Gasteiger partial charge in [0.05, 0.1) is 11.0 Å². The van der Waals surface area contributed by atoms with Crippen molar-refractivity contribution in [3.63, 3.8) is 0 Å². The lowest BCUT2D eigenvalue weighted by atomic mass is 10.3. The Morgan fingerprint density at radius 2 is 1.89 bits per heavy atom. The third-order valence-electron chi connectivity index (χ3n) is 3.01. The van der Waals surface area contributed by atoms with Gasteiger partial charge in [-0.05, 0) is 19.1 Å². The summed E-state index contributed by atoms with van der Waals surface area (Å²) >= 11 is 0. The molecular weight excluding hydrogens is 244 g/mol. The number of nitrogens with one attached hydrogen (secondary N) is 1. The number of nitrogens with zero attached hydrogens (tertiary/aromatic N) is 2. The number of rotatable bonds is 5. The average Bonchev–Trinajstić information content (AvgIpc) is 2.69. The van der Waals surface area contributed by atoms with Crippen molar-refractivity contribution in [2.24, 2.45) is 5.73 Å². The van der Waals surface area contributed by atoms with E-state index in [9.17, 15) is 9.59 Å². The zero-order chi connectivity index (χ0) is 13.8. The van der Waals surface area contributed by atoms with E-state index >= 15 is 0 Å². The summed E-state index contributed by atoms with van der Waals surface area (Å²) in [6.07, 6.45) is 0. The number of imidazole rings is 1. The summed E-state index contributed by atoms with van der Waals surface area (Å²) in [5.41, 5.74) is 6.79. The van der Waals surface area contributed by atoms with Crippen molar-refractivity contribution in [2.75, 3.05) is 13.1 Å². The summed E-state index contributed by atoms with van der Waals surface area (Å²) < 4.78 is 3.15. The van der Waals surface area contributed by atoms with Crippen LogP contribution in [0.3, 0.4) is 0 Å². The van der Waals surface area contributed by atoms with Crippen LogP contribution in [0.5, 0.6) is 0 Å². The van der Waals surface area contributed by atoms with Crippen LogP contribution in [0.2, 0.25) is 0 Å². The summed E-state index contributed by atoms with van der Waals surface area (Å²) in [5, 5.41) is 2.67. The van der Waals surface area contributed by atoms with Crippen molar-refractivity contribution in [1.82, 2.24) is 14.5 Å². The normalized spacial score (nSPS) is 10.8. The van der Waals surface area contributed by atoms with E-state index in [0.717, 1.165) is 11.0 Å². The van der Waals surface area contributed by atoms with Gasteiger partial charge in [-0.15, -0.1) is 0 Å². The van der Waals surface area contributed by atoms with Crippen molar-refractivity contribution in [3.05, 3.63) is 34.7 Å². The van der Waals surface area contributed by atoms with Crippen LogP contribution in [0.25, 0.3) is 11.0 Å². The number of carbonyl (C=O) groups is 1. The molecule has 2 aromatic rings. The number of hydrogen-bond acceptors (Lipinski definition) is 3. The number of fused-ring (bicyclic) bond motifs is 1. The molecule has 6 nitrogen and oxygen atoms in total. The van der Waals surface area contributed by atoms with E-state index in [-0.39, 0.29) is 18.1 Å². The van der Waals surface area contributed by atoms with Gasteiger partial charge in [0.25, 0.3) is 0 Å². The monoisotopic (exact) mass is 262 g/mol. The van der Waals surface area contributed by atoms with E-state index in [1.807, 2.05) is 31.2 Å². The van der Waals surface area contributed by atoms with E-state index < -0.39 is 0 Å². The molecule has 1 aromatic heterocycles. The smallest absolute Gasteiger partial charge is 0.329 e. The minimum absolute atomic E-state index is 0.0202. The average molecular weight is 262 g/mol. The van der Waals surface area contributed by atoms with Crippen molar-refractivity contribution in [1.29, 1.82) is 0 Å². The lowest BCUT2D eigenvalue weighted by Gasteiger charge is -2.04. The molecule has 3 N–H and O–H groups in total. The maximum atomic E-state index is 12.2. The highest BCUT2D eigenvalue weighted by molar-refractivity contribution is 5.80. The molecule has 0 aliphatic carbocycles. The van der Waals surface area contributed by atoms with Crippen LogP contribution in [-0.2, 0) is 17.9 Å². The Morgan fingerprint density at radius 1 is 1.26 bits per heavy atom. The molecule has 0 unspecified atom stereocenters.